The van der Waals surface area contributed by atoms with E-state index in [1.807, 2.05) is 0 Å². The molecule has 0 N–H and O–H groups in total. The molecule has 1 aliphatic heterocycles. The fourth-order valence-electron chi connectivity index (χ4n) is 3.29. The number of halogens is 4. The summed E-state index contributed by atoms with van der Waals surface area (Å²) in [5.41, 5.74) is 0.952. The van der Waals surface area contributed by atoms with Gasteiger partial charge in [0, 0.05) is 24.0 Å². The zero-order valence-corrected chi connectivity index (χ0v) is 15.1. The van der Waals surface area contributed by atoms with Gasteiger partial charge in [-0.3, -0.25) is 4.79 Å². The largest absolute Gasteiger partial charge is 0.416 e. The number of hydrogen-bond donors (Lipinski definition) is 0. The number of likely N-dealkylation sites (tertiary alicyclic amines) is 1. The Morgan fingerprint density at radius 1 is 1.03 bits per heavy atom. The summed E-state index contributed by atoms with van der Waals surface area (Å²) in [4.78, 5) is 22.1. The topological polar surface area (TPSA) is 46.1 Å². The number of nitrogens with zero attached hydrogens (tertiary/aromatic N) is 3. The van der Waals surface area contributed by atoms with Crippen molar-refractivity contribution in [1.29, 1.82) is 0 Å². The van der Waals surface area contributed by atoms with Gasteiger partial charge < -0.3 is 4.90 Å². The third-order valence-corrected chi connectivity index (χ3v) is 4.87. The van der Waals surface area contributed by atoms with Crippen LogP contribution in [0.5, 0.6) is 0 Å². The van der Waals surface area contributed by atoms with Gasteiger partial charge in [-0.15, -0.1) is 0 Å². The molecule has 0 spiro atoms. The van der Waals surface area contributed by atoms with E-state index in [0.717, 1.165) is 12.1 Å². The first kappa shape index (κ1) is 19.0. The van der Waals surface area contributed by atoms with Crippen molar-refractivity contribution in [3.05, 3.63) is 72.3 Å². The Bertz CT molecular complexity index is 1100. The summed E-state index contributed by atoms with van der Waals surface area (Å²) in [6, 6.07) is 12.0. The van der Waals surface area contributed by atoms with Crippen molar-refractivity contribution in [2.24, 2.45) is 0 Å². The molecule has 8 heteroatoms. The first-order chi connectivity index (χ1) is 13.7. The highest BCUT2D eigenvalue weighted by Gasteiger charge is 2.35. The van der Waals surface area contributed by atoms with Crippen LogP contribution in [0, 0.1) is 0 Å². The van der Waals surface area contributed by atoms with Crippen molar-refractivity contribution in [2.45, 2.75) is 12.1 Å². The summed E-state index contributed by atoms with van der Waals surface area (Å²) in [7, 11) is 0. The van der Waals surface area contributed by atoms with E-state index >= 15 is 0 Å². The van der Waals surface area contributed by atoms with Gasteiger partial charge in [0.1, 0.15) is 5.82 Å². The average Bonchev–Trinajstić information content (AvgIpc) is 2.65. The summed E-state index contributed by atoms with van der Waals surface area (Å²) in [5, 5.41) is 0.709. The monoisotopic (exact) mass is 401 g/mol. The normalized spacial score (nSPS) is 14.7. The number of carbonyl (C=O) groups excluding carboxylic acids is 1. The van der Waals surface area contributed by atoms with Gasteiger partial charge >= 0.3 is 6.18 Å². The third-order valence-electron chi connectivity index (χ3n) is 4.87. The van der Waals surface area contributed by atoms with Crippen LogP contribution in [-0.2, 0) is 11.0 Å². The van der Waals surface area contributed by atoms with E-state index in [0.29, 0.717) is 28.0 Å². The number of fused-ring (bicyclic) bond motifs is 1. The zero-order valence-electron chi connectivity index (χ0n) is 15.1. The number of carbonyl (C=O) groups is 1. The molecule has 0 aliphatic carbocycles. The van der Waals surface area contributed by atoms with Crippen LogP contribution in [0.15, 0.2) is 60.9 Å². The number of alkyl halides is 3. The summed E-state index contributed by atoms with van der Waals surface area (Å²) < 4.78 is 51.6. The molecule has 2 aromatic carbocycles. The van der Waals surface area contributed by atoms with Crippen LogP contribution in [0.4, 0.5) is 17.6 Å². The number of para-hydroxylation sites is 1. The SMILES string of the molecule is C=C(F)C(=O)N1CC(c2nc(-c3ccc(C(F)(F)F)cc3)c3ccccc3n2)C1. The molecule has 0 bridgehead atoms. The van der Waals surface area contributed by atoms with Gasteiger partial charge in [-0.25, -0.2) is 14.4 Å². The Morgan fingerprint density at radius 3 is 2.31 bits per heavy atom. The van der Waals surface area contributed by atoms with E-state index in [4.69, 9.17) is 0 Å². The molecule has 1 aromatic heterocycles. The fourth-order valence-corrected chi connectivity index (χ4v) is 3.29. The highest BCUT2D eigenvalue weighted by Crippen LogP contribution is 2.34. The van der Waals surface area contributed by atoms with E-state index in [9.17, 15) is 22.4 Å². The molecule has 1 fully saturated rings. The molecule has 4 rings (SSSR count). The molecule has 3 aromatic rings. The summed E-state index contributed by atoms with van der Waals surface area (Å²) >= 11 is 0. The minimum atomic E-state index is -4.42. The Balaban J connectivity index is 1.71. The minimum Gasteiger partial charge on any atom is -0.335 e. The van der Waals surface area contributed by atoms with Crippen LogP contribution in [-0.4, -0.2) is 33.9 Å². The Kier molecular flexibility index (Phi) is 4.56. The molecule has 148 valence electrons. The highest BCUT2D eigenvalue weighted by atomic mass is 19.4. The van der Waals surface area contributed by atoms with Crippen molar-refractivity contribution in [3.8, 4) is 11.3 Å². The Labute approximate surface area is 163 Å². The van der Waals surface area contributed by atoms with E-state index in [-0.39, 0.29) is 19.0 Å². The summed E-state index contributed by atoms with van der Waals surface area (Å²) in [5.74, 6) is -1.50. The summed E-state index contributed by atoms with van der Waals surface area (Å²) in [6.07, 6.45) is -4.42. The lowest BCUT2D eigenvalue weighted by Crippen LogP contribution is -2.49. The van der Waals surface area contributed by atoms with Crippen LogP contribution >= 0.6 is 0 Å². The molecule has 1 amide bonds. The van der Waals surface area contributed by atoms with Crippen molar-refractivity contribution in [3.63, 3.8) is 0 Å². The lowest BCUT2D eigenvalue weighted by atomic mass is 9.97. The van der Waals surface area contributed by atoms with Crippen LogP contribution in [0.2, 0.25) is 0 Å². The predicted octanol–water partition coefficient (Wildman–Crippen LogP) is 4.72. The standard InChI is InChI=1S/C21H15F4N3O/c1-12(22)20(29)28-10-14(11-28)19-26-17-5-3-2-4-16(17)18(27-19)13-6-8-15(9-7-13)21(23,24)25/h2-9,14H,1,10-11H2. The maximum Gasteiger partial charge on any atom is 0.416 e. The van der Waals surface area contributed by atoms with Gasteiger partial charge in [0.15, 0.2) is 5.83 Å². The van der Waals surface area contributed by atoms with Crippen LogP contribution in [0.25, 0.3) is 22.2 Å². The quantitative estimate of drug-likeness (QED) is 0.471. The maximum atomic E-state index is 13.0. The number of aromatic nitrogens is 2. The first-order valence-corrected chi connectivity index (χ1v) is 8.82. The number of benzene rings is 2. The van der Waals surface area contributed by atoms with Crippen molar-refractivity contribution >= 4 is 16.8 Å². The maximum absolute atomic E-state index is 13.0. The molecular formula is C21H15F4N3O. The van der Waals surface area contributed by atoms with Gasteiger partial charge in [-0.1, -0.05) is 36.9 Å². The molecule has 1 aliphatic rings. The molecule has 4 nitrogen and oxygen atoms in total. The van der Waals surface area contributed by atoms with Crippen LogP contribution in [0.1, 0.15) is 17.3 Å². The highest BCUT2D eigenvalue weighted by molar-refractivity contribution is 5.93. The van der Waals surface area contributed by atoms with E-state index < -0.39 is 23.5 Å². The van der Waals surface area contributed by atoms with Gasteiger partial charge in [0.2, 0.25) is 0 Å². The number of hydrogen-bond acceptors (Lipinski definition) is 3. The second-order valence-corrected chi connectivity index (χ2v) is 6.83. The van der Waals surface area contributed by atoms with Gasteiger partial charge in [-0.2, -0.15) is 13.2 Å². The van der Waals surface area contributed by atoms with Gasteiger partial charge in [0.25, 0.3) is 5.91 Å². The molecule has 1 saturated heterocycles. The molecule has 0 saturated carbocycles. The molecule has 0 atom stereocenters. The molecule has 0 unspecified atom stereocenters. The van der Waals surface area contributed by atoms with Gasteiger partial charge in [0.05, 0.1) is 22.7 Å². The number of rotatable bonds is 3. The third kappa shape index (κ3) is 3.57. The van der Waals surface area contributed by atoms with Crippen molar-refractivity contribution in [2.75, 3.05) is 13.1 Å². The van der Waals surface area contributed by atoms with Crippen LogP contribution < -0.4 is 0 Å². The van der Waals surface area contributed by atoms with Crippen molar-refractivity contribution in [1.82, 2.24) is 14.9 Å². The second-order valence-electron chi connectivity index (χ2n) is 6.83. The smallest absolute Gasteiger partial charge is 0.335 e. The molecule has 0 radical (unpaired) electrons. The number of amides is 1. The first-order valence-electron chi connectivity index (χ1n) is 8.82. The summed E-state index contributed by atoms with van der Waals surface area (Å²) in [6.45, 7) is 3.52. The molecule has 29 heavy (non-hydrogen) atoms. The fraction of sp³-hybridized carbons (Fsp3) is 0.190. The van der Waals surface area contributed by atoms with E-state index in [1.165, 1.54) is 17.0 Å². The van der Waals surface area contributed by atoms with Crippen molar-refractivity contribution < 1.29 is 22.4 Å². The second kappa shape index (κ2) is 6.95. The predicted molar refractivity (Wildman–Crippen MR) is 99.5 cm³/mol. The molecule has 2 heterocycles. The minimum absolute atomic E-state index is 0.184. The zero-order chi connectivity index (χ0) is 20.8. The average molecular weight is 401 g/mol. The Hall–Kier alpha value is -3.29. The Morgan fingerprint density at radius 2 is 1.69 bits per heavy atom. The van der Waals surface area contributed by atoms with E-state index in [2.05, 4.69) is 16.5 Å². The lowest BCUT2D eigenvalue weighted by Gasteiger charge is -2.37. The van der Waals surface area contributed by atoms with E-state index in [1.54, 1.807) is 24.3 Å². The van der Waals surface area contributed by atoms with Crippen LogP contribution in [0.3, 0.4) is 0 Å². The lowest BCUT2D eigenvalue weighted by molar-refractivity contribution is -0.137. The molecular weight excluding hydrogens is 386 g/mol. The van der Waals surface area contributed by atoms with Gasteiger partial charge in [-0.05, 0) is 18.2 Å².